The van der Waals surface area contributed by atoms with Gasteiger partial charge in [0.2, 0.25) is 0 Å². The molecular formula is C10H18N2. The molecule has 2 heteroatoms. The molecule has 0 heterocycles. The van der Waals surface area contributed by atoms with Crippen LogP contribution in [0, 0.1) is 5.92 Å². The number of allylic oxidation sites excluding steroid dienone is 4. The molecule has 0 amide bonds. The molecule has 2 nitrogen and oxygen atoms in total. The molecule has 4 N–H and O–H groups in total. The van der Waals surface area contributed by atoms with Gasteiger partial charge in [0.25, 0.3) is 0 Å². The molecule has 0 radical (unpaired) electrons. The SMILES string of the molecule is CC(C)/C(N)=C/C1=C(N)CCC1. The summed E-state index contributed by atoms with van der Waals surface area (Å²) in [4.78, 5) is 0. The van der Waals surface area contributed by atoms with Crippen molar-refractivity contribution in [3.05, 3.63) is 23.0 Å². The highest BCUT2D eigenvalue weighted by molar-refractivity contribution is 5.30. The van der Waals surface area contributed by atoms with Gasteiger partial charge in [0.1, 0.15) is 0 Å². The Morgan fingerprint density at radius 2 is 2.08 bits per heavy atom. The Kier molecular flexibility index (Phi) is 2.79. The lowest BCUT2D eigenvalue weighted by Gasteiger charge is -2.05. The van der Waals surface area contributed by atoms with Crippen LogP contribution in [-0.4, -0.2) is 0 Å². The molecule has 0 aromatic rings. The van der Waals surface area contributed by atoms with Crippen molar-refractivity contribution in [3.63, 3.8) is 0 Å². The van der Waals surface area contributed by atoms with Gasteiger partial charge in [0.05, 0.1) is 0 Å². The van der Waals surface area contributed by atoms with Gasteiger partial charge in [-0.15, -0.1) is 0 Å². The highest BCUT2D eigenvalue weighted by atomic mass is 14.6. The summed E-state index contributed by atoms with van der Waals surface area (Å²) in [6.45, 7) is 4.19. The molecule has 0 atom stereocenters. The summed E-state index contributed by atoms with van der Waals surface area (Å²) in [7, 11) is 0. The third kappa shape index (κ3) is 2.03. The monoisotopic (exact) mass is 166 g/mol. The second-order valence-electron chi connectivity index (χ2n) is 3.70. The molecule has 0 aliphatic heterocycles. The fraction of sp³-hybridized carbons (Fsp3) is 0.600. The van der Waals surface area contributed by atoms with Gasteiger partial charge < -0.3 is 11.5 Å². The first kappa shape index (κ1) is 9.17. The Labute approximate surface area is 74.3 Å². The van der Waals surface area contributed by atoms with E-state index in [0.717, 1.165) is 24.2 Å². The highest BCUT2D eigenvalue weighted by Gasteiger charge is 2.10. The van der Waals surface area contributed by atoms with Crippen molar-refractivity contribution >= 4 is 0 Å². The van der Waals surface area contributed by atoms with Crippen molar-refractivity contribution in [1.82, 2.24) is 0 Å². The highest BCUT2D eigenvalue weighted by Crippen LogP contribution is 2.24. The second-order valence-corrected chi connectivity index (χ2v) is 3.70. The predicted molar refractivity (Wildman–Crippen MR) is 52.2 cm³/mol. The summed E-state index contributed by atoms with van der Waals surface area (Å²) in [6.07, 6.45) is 5.37. The van der Waals surface area contributed by atoms with Crippen LogP contribution in [0.2, 0.25) is 0 Å². The molecule has 12 heavy (non-hydrogen) atoms. The largest absolute Gasteiger partial charge is 0.402 e. The summed E-state index contributed by atoms with van der Waals surface area (Å²) in [5, 5.41) is 0. The van der Waals surface area contributed by atoms with Gasteiger partial charge in [0, 0.05) is 11.4 Å². The lowest BCUT2D eigenvalue weighted by atomic mass is 10.1. The Morgan fingerprint density at radius 1 is 1.42 bits per heavy atom. The Balaban J connectivity index is 2.72. The molecule has 0 aromatic carbocycles. The van der Waals surface area contributed by atoms with Crippen LogP contribution in [0.1, 0.15) is 33.1 Å². The van der Waals surface area contributed by atoms with E-state index in [-0.39, 0.29) is 0 Å². The topological polar surface area (TPSA) is 52.0 Å². The van der Waals surface area contributed by atoms with Gasteiger partial charge in [0.15, 0.2) is 0 Å². The molecule has 68 valence electrons. The molecule has 1 aliphatic carbocycles. The Bertz CT molecular complexity index is 224. The lowest BCUT2D eigenvalue weighted by molar-refractivity contribution is 0.754. The standard InChI is InChI=1S/C10H18N2/c1-7(2)10(12)6-8-4-3-5-9(8)11/h6-7H,3-5,11-12H2,1-2H3/b10-6-. The molecule has 0 aromatic heterocycles. The molecule has 0 fully saturated rings. The molecule has 0 unspecified atom stereocenters. The van der Waals surface area contributed by atoms with Gasteiger partial charge >= 0.3 is 0 Å². The molecule has 0 spiro atoms. The van der Waals surface area contributed by atoms with Crippen LogP contribution < -0.4 is 11.5 Å². The maximum atomic E-state index is 5.83. The average molecular weight is 166 g/mol. The van der Waals surface area contributed by atoms with E-state index < -0.39 is 0 Å². The fourth-order valence-electron chi connectivity index (χ4n) is 1.32. The zero-order valence-corrected chi connectivity index (χ0v) is 7.93. The number of rotatable bonds is 2. The number of nitrogens with two attached hydrogens (primary N) is 2. The van der Waals surface area contributed by atoms with E-state index in [1.54, 1.807) is 0 Å². The Morgan fingerprint density at radius 3 is 2.50 bits per heavy atom. The lowest BCUT2D eigenvalue weighted by Crippen LogP contribution is -2.06. The van der Waals surface area contributed by atoms with Crippen molar-refractivity contribution in [2.24, 2.45) is 17.4 Å². The van der Waals surface area contributed by atoms with Crippen molar-refractivity contribution in [1.29, 1.82) is 0 Å². The van der Waals surface area contributed by atoms with E-state index in [1.807, 2.05) is 6.08 Å². The molecule has 0 saturated carbocycles. The molecule has 1 aliphatic rings. The molecule has 1 rings (SSSR count). The molecule has 0 bridgehead atoms. The van der Waals surface area contributed by atoms with Crippen molar-refractivity contribution in [2.45, 2.75) is 33.1 Å². The van der Waals surface area contributed by atoms with E-state index in [0.29, 0.717) is 5.92 Å². The Hall–Kier alpha value is -0.920. The van der Waals surface area contributed by atoms with Crippen LogP contribution in [0.5, 0.6) is 0 Å². The van der Waals surface area contributed by atoms with Crippen LogP contribution in [0.25, 0.3) is 0 Å². The minimum Gasteiger partial charge on any atom is -0.402 e. The zero-order valence-electron chi connectivity index (χ0n) is 7.93. The van der Waals surface area contributed by atoms with Gasteiger partial charge in [-0.05, 0) is 36.8 Å². The minimum atomic E-state index is 0.422. The molecular weight excluding hydrogens is 148 g/mol. The van der Waals surface area contributed by atoms with Crippen molar-refractivity contribution < 1.29 is 0 Å². The number of hydrogen-bond acceptors (Lipinski definition) is 2. The molecule has 0 saturated heterocycles. The average Bonchev–Trinajstić information content (AvgIpc) is 2.36. The predicted octanol–water partition coefficient (Wildman–Crippen LogP) is 1.88. The van der Waals surface area contributed by atoms with E-state index >= 15 is 0 Å². The number of hydrogen-bond donors (Lipinski definition) is 2. The third-order valence-corrected chi connectivity index (χ3v) is 2.31. The van der Waals surface area contributed by atoms with Gasteiger partial charge in [-0.1, -0.05) is 13.8 Å². The summed E-state index contributed by atoms with van der Waals surface area (Å²) in [5.74, 6) is 0.422. The summed E-state index contributed by atoms with van der Waals surface area (Å²) >= 11 is 0. The van der Waals surface area contributed by atoms with Crippen LogP contribution in [0.15, 0.2) is 23.0 Å². The fourth-order valence-corrected chi connectivity index (χ4v) is 1.32. The van der Waals surface area contributed by atoms with E-state index in [2.05, 4.69) is 13.8 Å². The summed E-state index contributed by atoms with van der Waals surface area (Å²) in [6, 6.07) is 0. The maximum Gasteiger partial charge on any atom is 0.0114 e. The third-order valence-electron chi connectivity index (χ3n) is 2.31. The van der Waals surface area contributed by atoms with Crippen molar-refractivity contribution in [2.75, 3.05) is 0 Å². The van der Waals surface area contributed by atoms with Crippen LogP contribution in [-0.2, 0) is 0 Å². The normalized spacial score (nSPS) is 19.4. The van der Waals surface area contributed by atoms with Gasteiger partial charge in [-0.2, -0.15) is 0 Å². The zero-order chi connectivity index (χ0) is 9.14. The van der Waals surface area contributed by atoms with E-state index in [1.165, 1.54) is 12.0 Å². The summed E-state index contributed by atoms with van der Waals surface area (Å²) < 4.78 is 0. The smallest absolute Gasteiger partial charge is 0.0114 e. The maximum absolute atomic E-state index is 5.83. The van der Waals surface area contributed by atoms with Gasteiger partial charge in [-0.25, -0.2) is 0 Å². The minimum absolute atomic E-state index is 0.422. The quantitative estimate of drug-likeness (QED) is 0.658. The first-order valence-corrected chi connectivity index (χ1v) is 4.56. The summed E-state index contributed by atoms with van der Waals surface area (Å²) in [5.41, 5.74) is 14.9. The van der Waals surface area contributed by atoms with Crippen LogP contribution in [0.4, 0.5) is 0 Å². The van der Waals surface area contributed by atoms with Crippen LogP contribution >= 0.6 is 0 Å². The first-order chi connectivity index (χ1) is 5.61. The second kappa shape index (κ2) is 3.65. The van der Waals surface area contributed by atoms with E-state index in [4.69, 9.17) is 11.5 Å². The van der Waals surface area contributed by atoms with Crippen molar-refractivity contribution in [3.8, 4) is 0 Å². The first-order valence-electron chi connectivity index (χ1n) is 4.56. The van der Waals surface area contributed by atoms with Gasteiger partial charge in [-0.3, -0.25) is 0 Å². The van der Waals surface area contributed by atoms with Crippen LogP contribution in [0.3, 0.4) is 0 Å². The van der Waals surface area contributed by atoms with E-state index in [9.17, 15) is 0 Å².